The molecule has 0 aliphatic rings. The van der Waals surface area contributed by atoms with Gasteiger partial charge in [-0.3, -0.25) is 0 Å². The van der Waals surface area contributed by atoms with E-state index in [2.05, 4.69) is 14.4 Å². The summed E-state index contributed by atoms with van der Waals surface area (Å²) in [5.41, 5.74) is 9.04. The lowest BCUT2D eigenvalue weighted by molar-refractivity contribution is 0.411. The summed E-state index contributed by atoms with van der Waals surface area (Å²) >= 11 is 0. The van der Waals surface area contributed by atoms with Crippen molar-refractivity contribution in [2.24, 2.45) is 0 Å². The quantitative estimate of drug-likeness (QED) is 0.836. The summed E-state index contributed by atoms with van der Waals surface area (Å²) in [6.07, 6.45) is 1.39. The number of aryl methyl sites for hydroxylation is 2. The molecule has 0 fully saturated rings. The smallest absolute Gasteiger partial charge is 0.241 e. The predicted molar refractivity (Wildman–Crippen MR) is 75.6 cm³/mol. The van der Waals surface area contributed by atoms with Crippen molar-refractivity contribution in [3.05, 3.63) is 40.8 Å². The Morgan fingerprint density at radius 1 is 1.30 bits per heavy atom. The third-order valence-electron chi connectivity index (χ3n) is 3.16. The Labute approximate surface area is 118 Å². The number of rotatable bonds is 4. The van der Waals surface area contributed by atoms with Crippen LogP contribution in [0.25, 0.3) is 0 Å². The van der Waals surface area contributed by atoms with Crippen LogP contribution in [0.1, 0.15) is 22.4 Å². The molecule has 0 bridgehead atoms. The monoisotopic (exact) mass is 295 g/mol. The van der Waals surface area contributed by atoms with Crippen molar-refractivity contribution in [3.8, 4) is 0 Å². The molecule has 1 aromatic heterocycles. The molecular formula is C13H17N3O3S. The van der Waals surface area contributed by atoms with Crippen molar-refractivity contribution in [1.29, 1.82) is 0 Å². The molecule has 0 saturated carbocycles. The van der Waals surface area contributed by atoms with Crippen LogP contribution in [-0.2, 0) is 16.6 Å². The van der Waals surface area contributed by atoms with E-state index in [1.54, 1.807) is 26.0 Å². The normalized spacial score (nSPS) is 11.8. The van der Waals surface area contributed by atoms with Gasteiger partial charge in [0.05, 0.1) is 17.1 Å². The lowest BCUT2D eigenvalue weighted by atomic mass is 10.1. The summed E-state index contributed by atoms with van der Waals surface area (Å²) in [5.74, 6) is 0. The Morgan fingerprint density at radius 2 is 2.00 bits per heavy atom. The van der Waals surface area contributed by atoms with Gasteiger partial charge in [0.25, 0.3) is 0 Å². The number of aromatic nitrogens is 1. The van der Waals surface area contributed by atoms with Crippen LogP contribution in [0.5, 0.6) is 0 Å². The number of nitrogen functional groups attached to an aromatic ring is 1. The minimum absolute atomic E-state index is 0.0749. The van der Waals surface area contributed by atoms with Crippen LogP contribution in [-0.4, -0.2) is 13.6 Å². The Hall–Kier alpha value is -1.86. The second-order valence-electron chi connectivity index (χ2n) is 4.69. The van der Waals surface area contributed by atoms with Gasteiger partial charge in [0.1, 0.15) is 6.26 Å². The van der Waals surface area contributed by atoms with Crippen molar-refractivity contribution in [2.45, 2.75) is 32.2 Å². The van der Waals surface area contributed by atoms with Gasteiger partial charge in [-0.05, 0) is 37.5 Å². The molecule has 6 nitrogen and oxygen atoms in total. The number of hydrogen-bond acceptors (Lipinski definition) is 5. The second kappa shape index (κ2) is 5.26. The van der Waals surface area contributed by atoms with Crippen molar-refractivity contribution < 1.29 is 12.9 Å². The largest absolute Gasteiger partial charge is 0.398 e. The maximum atomic E-state index is 12.4. The number of benzene rings is 1. The lowest BCUT2D eigenvalue weighted by Crippen LogP contribution is -2.25. The number of nitrogens with zero attached hydrogens (tertiary/aromatic N) is 1. The van der Waals surface area contributed by atoms with Gasteiger partial charge < -0.3 is 10.3 Å². The molecule has 0 atom stereocenters. The summed E-state index contributed by atoms with van der Waals surface area (Å²) < 4.78 is 32.0. The van der Waals surface area contributed by atoms with Crippen LogP contribution >= 0.6 is 0 Å². The second-order valence-corrected chi connectivity index (χ2v) is 6.40. The standard InChI is InChI=1S/C13H17N3O3S/c1-8-6-9(2)13(10(3)12(8)14)20(17,18)15-7-11-4-5-19-16-11/h4-6,15H,7,14H2,1-3H3. The van der Waals surface area contributed by atoms with E-state index in [9.17, 15) is 8.42 Å². The first kappa shape index (κ1) is 14.5. The molecule has 1 aromatic carbocycles. The number of hydrogen-bond donors (Lipinski definition) is 2. The highest BCUT2D eigenvalue weighted by atomic mass is 32.2. The topological polar surface area (TPSA) is 98.2 Å². The molecule has 0 amide bonds. The van der Waals surface area contributed by atoms with E-state index in [4.69, 9.17) is 5.73 Å². The molecule has 20 heavy (non-hydrogen) atoms. The summed E-state index contributed by atoms with van der Waals surface area (Å²) in [4.78, 5) is 0.226. The molecule has 0 radical (unpaired) electrons. The summed E-state index contributed by atoms with van der Waals surface area (Å²) in [6, 6.07) is 3.37. The molecule has 0 aliphatic carbocycles. The first-order chi connectivity index (χ1) is 9.33. The molecule has 0 saturated heterocycles. The van der Waals surface area contributed by atoms with Gasteiger partial charge in [0, 0.05) is 11.8 Å². The molecule has 2 aromatic rings. The van der Waals surface area contributed by atoms with E-state index in [-0.39, 0.29) is 11.4 Å². The van der Waals surface area contributed by atoms with Gasteiger partial charge in [-0.25, -0.2) is 13.1 Å². The van der Waals surface area contributed by atoms with E-state index in [1.807, 2.05) is 6.92 Å². The predicted octanol–water partition coefficient (Wildman–Crippen LogP) is 1.66. The van der Waals surface area contributed by atoms with Crippen LogP contribution in [0.4, 0.5) is 5.69 Å². The fraction of sp³-hybridized carbons (Fsp3) is 0.308. The zero-order chi connectivity index (χ0) is 14.9. The van der Waals surface area contributed by atoms with Gasteiger partial charge in [-0.1, -0.05) is 11.2 Å². The average molecular weight is 295 g/mol. The summed E-state index contributed by atoms with van der Waals surface area (Å²) in [5, 5.41) is 3.66. The Morgan fingerprint density at radius 3 is 2.60 bits per heavy atom. The minimum Gasteiger partial charge on any atom is -0.398 e. The van der Waals surface area contributed by atoms with Crippen LogP contribution in [0.15, 0.2) is 27.8 Å². The SMILES string of the molecule is Cc1cc(C)c(S(=O)(=O)NCc2ccon2)c(C)c1N. The maximum absolute atomic E-state index is 12.4. The summed E-state index contributed by atoms with van der Waals surface area (Å²) in [6.45, 7) is 5.39. The van der Waals surface area contributed by atoms with Crippen molar-refractivity contribution in [2.75, 3.05) is 5.73 Å². The van der Waals surface area contributed by atoms with Crippen molar-refractivity contribution in [3.63, 3.8) is 0 Å². The minimum atomic E-state index is -3.65. The van der Waals surface area contributed by atoms with Gasteiger partial charge in [0.2, 0.25) is 10.0 Å². The van der Waals surface area contributed by atoms with E-state index >= 15 is 0 Å². The zero-order valence-corrected chi connectivity index (χ0v) is 12.4. The number of anilines is 1. The molecule has 1 heterocycles. The lowest BCUT2D eigenvalue weighted by Gasteiger charge is -2.15. The molecule has 0 unspecified atom stereocenters. The molecule has 0 spiro atoms. The van der Waals surface area contributed by atoms with Gasteiger partial charge in [-0.15, -0.1) is 0 Å². The van der Waals surface area contributed by atoms with Crippen LogP contribution in [0.2, 0.25) is 0 Å². The zero-order valence-electron chi connectivity index (χ0n) is 11.6. The molecule has 108 valence electrons. The van der Waals surface area contributed by atoms with E-state index in [1.165, 1.54) is 6.26 Å². The van der Waals surface area contributed by atoms with Crippen LogP contribution in [0, 0.1) is 20.8 Å². The average Bonchev–Trinajstić information content (AvgIpc) is 2.86. The Bertz CT molecular complexity index is 722. The fourth-order valence-electron chi connectivity index (χ4n) is 2.17. The van der Waals surface area contributed by atoms with Gasteiger partial charge >= 0.3 is 0 Å². The third-order valence-corrected chi connectivity index (χ3v) is 4.85. The highest BCUT2D eigenvalue weighted by Crippen LogP contribution is 2.27. The highest BCUT2D eigenvalue weighted by molar-refractivity contribution is 7.89. The molecule has 7 heteroatoms. The van der Waals surface area contributed by atoms with Crippen molar-refractivity contribution in [1.82, 2.24) is 9.88 Å². The number of sulfonamides is 1. The molecule has 3 N–H and O–H groups in total. The van der Waals surface area contributed by atoms with E-state index < -0.39 is 10.0 Å². The van der Waals surface area contributed by atoms with Gasteiger partial charge in [0.15, 0.2) is 0 Å². The molecular weight excluding hydrogens is 278 g/mol. The first-order valence-corrected chi connectivity index (χ1v) is 7.56. The van der Waals surface area contributed by atoms with Crippen molar-refractivity contribution >= 4 is 15.7 Å². The van der Waals surface area contributed by atoms with Crippen LogP contribution in [0.3, 0.4) is 0 Å². The number of nitrogens with one attached hydrogen (secondary N) is 1. The van der Waals surface area contributed by atoms with Crippen LogP contribution < -0.4 is 10.5 Å². The Balaban J connectivity index is 2.37. The first-order valence-electron chi connectivity index (χ1n) is 6.08. The van der Waals surface area contributed by atoms with E-state index in [0.717, 1.165) is 5.56 Å². The van der Waals surface area contributed by atoms with Gasteiger partial charge in [-0.2, -0.15) is 0 Å². The molecule has 0 aliphatic heterocycles. The summed E-state index contributed by atoms with van der Waals surface area (Å²) in [7, 11) is -3.65. The fourth-order valence-corrected chi connectivity index (χ4v) is 3.64. The number of nitrogens with two attached hydrogens (primary N) is 1. The third kappa shape index (κ3) is 2.68. The highest BCUT2D eigenvalue weighted by Gasteiger charge is 2.22. The molecule has 2 rings (SSSR count). The maximum Gasteiger partial charge on any atom is 0.241 e. The Kier molecular flexibility index (Phi) is 3.82. The van der Waals surface area contributed by atoms with E-state index in [0.29, 0.717) is 22.5 Å².